The van der Waals surface area contributed by atoms with Gasteiger partial charge in [0.15, 0.2) is 0 Å². The molecule has 18 heavy (non-hydrogen) atoms. The van der Waals surface area contributed by atoms with Crippen LogP contribution in [0.2, 0.25) is 9.36 Å². The lowest BCUT2D eigenvalue weighted by Gasteiger charge is -2.12. The number of rotatable bonds is 4. The third-order valence-electron chi connectivity index (χ3n) is 2.46. The Balaban J connectivity index is 2.38. The average Bonchev–Trinajstić information content (AvgIpc) is 2.84. The van der Waals surface area contributed by atoms with Gasteiger partial charge in [0, 0.05) is 15.9 Å². The summed E-state index contributed by atoms with van der Waals surface area (Å²) in [4.78, 5) is 0.742. The molecule has 7 heteroatoms. The highest BCUT2D eigenvalue weighted by Gasteiger charge is 2.22. The summed E-state index contributed by atoms with van der Waals surface area (Å²) in [6.07, 6.45) is 1.67. The lowest BCUT2D eigenvalue weighted by molar-refractivity contribution is 0.211. The van der Waals surface area contributed by atoms with E-state index < -0.39 is 6.10 Å². The van der Waals surface area contributed by atoms with E-state index >= 15 is 0 Å². The number of aliphatic hydroxyl groups excluding tert-OH is 1. The van der Waals surface area contributed by atoms with E-state index in [1.54, 1.807) is 16.9 Å². The minimum absolute atomic E-state index is 0.469. The van der Waals surface area contributed by atoms with E-state index in [9.17, 15) is 5.11 Å². The fraction of sp³-hybridized carbons (Fsp3) is 0.364. The minimum atomic E-state index is -0.805. The maximum atomic E-state index is 10.4. The molecule has 1 atom stereocenters. The summed E-state index contributed by atoms with van der Waals surface area (Å²) in [6, 6.07) is 1.80. The lowest BCUT2D eigenvalue weighted by Crippen LogP contribution is -2.09. The fourth-order valence-electron chi connectivity index (χ4n) is 1.67. The van der Waals surface area contributed by atoms with Crippen LogP contribution in [0, 0.1) is 0 Å². The Kier molecular flexibility index (Phi) is 4.72. The first-order valence-corrected chi connectivity index (χ1v) is 7.75. The van der Waals surface area contributed by atoms with Crippen molar-refractivity contribution in [2.24, 2.45) is 0 Å². The molecule has 0 saturated heterocycles. The van der Waals surface area contributed by atoms with E-state index in [0.717, 1.165) is 22.3 Å². The Morgan fingerprint density at radius 3 is 2.83 bits per heavy atom. The molecule has 0 saturated carbocycles. The fourth-order valence-corrected chi connectivity index (χ4v) is 3.64. The third-order valence-corrected chi connectivity index (χ3v) is 5.28. The maximum absolute atomic E-state index is 10.4. The Hall–Kier alpha value is -0.0700. The first kappa shape index (κ1) is 14.3. The highest BCUT2D eigenvalue weighted by molar-refractivity contribution is 9.10. The van der Waals surface area contributed by atoms with Gasteiger partial charge in [0.1, 0.15) is 10.4 Å². The van der Waals surface area contributed by atoms with E-state index in [-0.39, 0.29) is 0 Å². The topological polar surface area (TPSA) is 38.0 Å². The van der Waals surface area contributed by atoms with Gasteiger partial charge in [0.25, 0.3) is 0 Å². The van der Waals surface area contributed by atoms with Crippen molar-refractivity contribution >= 4 is 50.5 Å². The van der Waals surface area contributed by atoms with Gasteiger partial charge in [-0.25, -0.2) is 0 Å². The molecule has 0 fully saturated rings. The zero-order chi connectivity index (χ0) is 13.3. The molecule has 3 nitrogen and oxygen atoms in total. The summed E-state index contributed by atoms with van der Waals surface area (Å²) >= 11 is 16.7. The minimum Gasteiger partial charge on any atom is -0.381 e. The van der Waals surface area contributed by atoms with Crippen molar-refractivity contribution in [3.8, 4) is 0 Å². The molecule has 1 unspecified atom stereocenters. The molecule has 0 aromatic carbocycles. The molecule has 0 radical (unpaired) electrons. The number of hydrogen-bond acceptors (Lipinski definition) is 3. The molecule has 0 amide bonds. The van der Waals surface area contributed by atoms with Crippen LogP contribution in [0.25, 0.3) is 0 Å². The second-order valence-corrected chi connectivity index (χ2v) is 6.72. The summed E-state index contributed by atoms with van der Waals surface area (Å²) < 4.78 is 3.12. The summed E-state index contributed by atoms with van der Waals surface area (Å²) in [6.45, 7) is 2.77. The van der Waals surface area contributed by atoms with Gasteiger partial charge in [0.2, 0.25) is 0 Å². The largest absolute Gasteiger partial charge is 0.381 e. The van der Waals surface area contributed by atoms with E-state index in [4.69, 9.17) is 23.2 Å². The van der Waals surface area contributed by atoms with E-state index in [0.29, 0.717) is 15.1 Å². The van der Waals surface area contributed by atoms with Crippen LogP contribution in [0.5, 0.6) is 0 Å². The number of aliphatic hydroxyl groups is 1. The van der Waals surface area contributed by atoms with Crippen LogP contribution in [0.1, 0.15) is 30.0 Å². The van der Waals surface area contributed by atoms with Gasteiger partial charge in [-0.05, 0) is 28.4 Å². The lowest BCUT2D eigenvalue weighted by atomic mass is 10.2. The van der Waals surface area contributed by atoms with Crippen molar-refractivity contribution in [1.29, 1.82) is 0 Å². The van der Waals surface area contributed by atoms with Crippen LogP contribution in [0.4, 0.5) is 0 Å². The average molecular weight is 370 g/mol. The van der Waals surface area contributed by atoms with Crippen molar-refractivity contribution in [3.05, 3.63) is 36.7 Å². The van der Waals surface area contributed by atoms with Crippen LogP contribution >= 0.6 is 50.5 Å². The highest BCUT2D eigenvalue weighted by Crippen LogP contribution is 2.38. The van der Waals surface area contributed by atoms with Crippen molar-refractivity contribution in [1.82, 2.24) is 9.78 Å². The Bertz CT molecular complexity index is 536. The van der Waals surface area contributed by atoms with Gasteiger partial charge in [-0.2, -0.15) is 5.10 Å². The van der Waals surface area contributed by atoms with E-state index in [1.807, 2.05) is 6.92 Å². The third kappa shape index (κ3) is 2.75. The molecule has 0 bridgehead atoms. The zero-order valence-corrected chi connectivity index (χ0v) is 13.4. The van der Waals surface area contributed by atoms with Crippen LogP contribution in [0.3, 0.4) is 0 Å². The quantitative estimate of drug-likeness (QED) is 0.861. The second kappa shape index (κ2) is 5.92. The SMILES string of the molecule is CCCn1ncc(Cl)c1C(O)c1cc(Br)c(Cl)s1. The van der Waals surface area contributed by atoms with Crippen LogP contribution < -0.4 is 0 Å². The predicted molar refractivity (Wildman–Crippen MR) is 78.6 cm³/mol. The molecule has 0 aliphatic heterocycles. The van der Waals surface area contributed by atoms with Crippen molar-refractivity contribution in [3.63, 3.8) is 0 Å². The van der Waals surface area contributed by atoms with E-state index in [1.165, 1.54) is 11.3 Å². The Labute approximate surface area is 127 Å². The molecule has 1 N–H and O–H groups in total. The molecule has 2 aromatic heterocycles. The number of aromatic nitrogens is 2. The first-order valence-electron chi connectivity index (χ1n) is 5.38. The Morgan fingerprint density at radius 2 is 2.28 bits per heavy atom. The zero-order valence-electron chi connectivity index (χ0n) is 9.53. The van der Waals surface area contributed by atoms with Gasteiger partial charge in [-0.15, -0.1) is 11.3 Å². The van der Waals surface area contributed by atoms with Crippen LogP contribution in [-0.2, 0) is 6.54 Å². The number of nitrogens with zero attached hydrogens (tertiary/aromatic N) is 2. The number of halogens is 3. The van der Waals surface area contributed by atoms with Crippen molar-refractivity contribution in [2.45, 2.75) is 26.0 Å². The van der Waals surface area contributed by atoms with E-state index in [2.05, 4.69) is 21.0 Å². The standard InChI is InChI=1S/C11H11BrCl2N2OS/c1-2-3-16-9(7(13)5-15-16)10(17)8-4-6(12)11(14)18-8/h4-5,10,17H,2-3H2,1H3. The Morgan fingerprint density at radius 1 is 1.56 bits per heavy atom. The second-order valence-electron chi connectivity index (χ2n) is 3.77. The number of thiophene rings is 1. The van der Waals surface area contributed by atoms with Gasteiger partial charge < -0.3 is 5.11 Å². The molecular formula is C11H11BrCl2N2OS. The monoisotopic (exact) mass is 368 g/mol. The molecule has 98 valence electrons. The molecule has 0 aliphatic rings. The first-order chi connectivity index (χ1) is 8.54. The van der Waals surface area contributed by atoms with Crippen molar-refractivity contribution in [2.75, 3.05) is 0 Å². The summed E-state index contributed by atoms with van der Waals surface area (Å²) in [7, 11) is 0. The summed E-state index contributed by atoms with van der Waals surface area (Å²) in [5.74, 6) is 0. The molecule has 2 heterocycles. The van der Waals surface area contributed by atoms with Gasteiger partial charge >= 0.3 is 0 Å². The predicted octanol–water partition coefficient (Wildman–Crippen LogP) is 4.51. The van der Waals surface area contributed by atoms with Crippen molar-refractivity contribution < 1.29 is 5.11 Å². The van der Waals surface area contributed by atoms with Crippen LogP contribution in [-0.4, -0.2) is 14.9 Å². The number of aryl methyl sites for hydroxylation is 1. The molecule has 0 spiro atoms. The van der Waals surface area contributed by atoms with Gasteiger partial charge in [-0.3, -0.25) is 4.68 Å². The van der Waals surface area contributed by atoms with Crippen LogP contribution in [0.15, 0.2) is 16.7 Å². The van der Waals surface area contributed by atoms with Gasteiger partial charge in [-0.1, -0.05) is 30.1 Å². The molecule has 0 aliphatic carbocycles. The molecule has 2 aromatic rings. The smallest absolute Gasteiger partial charge is 0.131 e. The normalized spacial score (nSPS) is 12.9. The summed E-state index contributed by atoms with van der Waals surface area (Å²) in [5.41, 5.74) is 0.615. The molecular weight excluding hydrogens is 359 g/mol. The molecule has 2 rings (SSSR count). The highest BCUT2D eigenvalue weighted by atomic mass is 79.9. The summed E-state index contributed by atoms with van der Waals surface area (Å²) in [5, 5.41) is 15.0. The van der Waals surface area contributed by atoms with Gasteiger partial charge in [0.05, 0.1) is 16.9 Å². The number of hydrogen-bond donors (Lipinski definition) is 1. The maximum Gasteiger partial charge on any atom is 0.131 e.